The molecule has 8 nitrogen and oxygen atoms in total. The van der Waals surface area contributed by atoms with Crippen LogP contribution in [0.2, 0.25) is 0 Å². The molecule has 0 saturated heterocycles. The molecule has 0 saturated carbocycles. The van der Waals surface area contributed by atoms with E-state index in [1.54, 1.807) is 11.8 Å². The predicted molar refractivity (Wildman–Crippen MR) is 119 cm³/mol. The van der Waals surface area contributed by atoms with E-state index in [2.05, 4.69) is 36.8 Å². The van der Waals surface area contributed by atoms with Gasteiger partial charge in [-0.05, 0) is 76.0 Å². The van der Waals surface area contributed by atoms with Crippen molar-refractivity contribution in [3.05, 3.63) is 68.8 Å². The number of Topliss-reactive ketones (excluding diaryl/α,β-unsaturated/α-hetero) is 1. The minimum Gasteiger partial charge on any atom is -0.493 e. The first kappa shape index (κ1) is 21.0. The van der Waals surface area contributed by atoms with Gasteiger partial charge >= 0.3 is 0 Å². The third kappa shape index (κ3) is 3.93. The molecule has 0 radical (unpaired) electrons. The highest BCUT2D eigenvalue weighted by Crippen LogP contribution is 2.42. The molecule has 0 bridgehead atoms. The van der Waals surface area contributed by atoms with Crippen molar-refractivity contribution in [3.63, 3.8) is 0 Å². The molecule has 1 N–H and O–H groups in total. The molecule has 9 heteroatoms. The number of ketones is 1. The molecule has 2 heterocycles. The van der Waals surface area contributed by atoms with Gasteiger partial charge in [-0.25, -0.2) is 0 Å². The normalized spacial score (nSPS) is 15.3. The highest BCUT2D eigenvalue weighted by atomic mass is 79.9. The van der Waals surface area contributed by atoms with Crippen LogP contribution in [0.25, 0.3) is 0 Å². The summed E-state index contributed by atoms with van der Waals surface area (Å²) in [6.07, 6.45) is 0. The molecule has 0 fully saturated rings. The van der Waals surface area contributed by atoms with E-state index in [1.165, 1.54) is 6.92 Å². The van der Waals surface area contributed by atoms with Gasteiger partial charge in [0.25, 0.3) is 0 Å². The molecule has 160 valence electrons. The van der Waals surface area contributed by atoms with Gasteiger partial charge in [0, 0.05) is 11.3 Å². The Balaban J connectivity index is 1.74. The smallest absolute Gasteiger partial charge is 0.248 e. The van der Waals surface area contributed by atoms with Gasteiger partial charge in [0.15, 0.2) is 17.3 Å². The summed E-state index contributed by atoms with van der Waals surface area (Å²) in [6, 6.07) is 11.3. The lowest BCUT2D eigenvalue weighted by molar-refractivity contribution is -0.114. The molecule has 1 unspecified atom stereocenters. The number of hydrogen-bond donors (Lipinski definition) is 1. The zero-order chi connectivity index (χ0) is 22.1. The second kappa shape index (κ2) is 8.50. The number of halogens is 1. The van der Waals surface area contributed by atoms with Crippen LogP contribution in [0.1, 0.15) is 36.6 Å². The van der Waals surface area contributed by atoms with Crippen molar-refractivity contribution in [2.24, 2.45) is 0 Å². The Bertz CT molecular complexity index is 1190. The van der Waals surface area contributed by atoms with Crippen LogP contribution in [0.5, 0.6) is 11.5 Å². The minimum absolute atomic E-state index is 0.0638. The lowest BCUT2D eigenvalue weighted by atomic mass is 9.93. The van der Waals surface area contributed by atoms with Crippen LogP contribution < -0.4 is 14.8 Å². The molecule has 4 rings (SSSR count). The summed E-state index contributed by atoms with van der Waals surface area (Å²) in [7, 11) is 1.59. The number of ether oxygens (including phenoxy) is 2. The molecular weight excluding hydrogens is 462 g/mol. The molecule has 2 aromatic carbocycles. The number of benzene rings is 2. The Labute approximate surface area is 188 Å². The molecule has 0 aliphatic carbocycles. The Hall–Kier alpha value is -3.20. The average Bonchev–Trinajstić information content (AvgIpc) is 3.20. The highest BCUT2D eigenvalue weighted by molar-refractivity contribution is 9.10. The lowest BCUT2D eigenvalue weighted by Gasteiger charge is -2.28. The van der Waals surface area contributed by atoms with Crippen LogP contribution in [0.15, 0.2) is 52.1 Å². The molecule has 0 amide bonds. The first-order chi connectivity index (χ1) is 14.9. The predicted octanol–water partition coefficient (Wildman–Crippen LogP) is 4.21. The number of hydrogen-bond acceptors (Lipinski definition) is 7. The van der Waals surface area contributed by atoms with Crippen LogP contribution in [-0.2, 0) is 11.4 Å². The lowest BCUT2D eigenvalue weighted by Crippen LogP contribution is -2.28. The Morgan fingerprint density at radius 3 is 2.74 bits per heavy atom. The fourth-order valence-corrected chi connectivity index (χ4v) is 4.31. The fourth-order valence-electron chi connectivity index (χ4n) is 3.74. The fraction of sp³-hybridized carbons (Fsp3) is 0.273. The summed E-state index contributed by atoms with van der Waals surface area (Å²) in [5.74, 6) is 1.55. The average molecular weight is 484 g/mol. The van der Waals surface area contributed by atoms with E-state index in [1.807, 2.05) is 50.2 Å². The van der Waals surface area contributed by atoms with Crippen molar-refractivity contribution in [1.29, 1.82) is 0 Å². The van der Waals surface area contributed by atoms with Crippen molar-refractivity contribution in [2.75, 3.05) is 12.4 Å². The zero-order valence-corrected chi connectivity index (χ0v) is 19.2. The SMILES string of the molecule is COc1cc(C2C(C(C)=O)=C(C)Nc3nnnn32)cc(Br)c1OCc1ccccc1C. The van der Waals surface area contributed by atoms with Gasteiger partial charge in [-0.3, -0.25) is 4.79 Å². The van der Waals surface area contributed by atoms with Crippen LogP contribution >= 0.6 is 15.9 Å². The molecule has 1 atom stereocenters. The second-order valence-corrected chi connectivity index (χ2v) is 8.17. The van der Waals surface area contributed by atoms with E-state index in [0.717, 1.165) is 22.4 Å². The highest BCUT2D eigenvalue weighted by Gasteiger charge is 2.33. The topological polar surface area (TPSA) is 91.2 Å². The first-order valence-electron chi connectivity index (χ1n) is 9.72. The first-order valence-corrected chi connectivity index (χ1v) is 10.5. The summed E-state index contributed by atoms with van der Waals surface area (Å²) in [5.41, 5.74) is 4.35. The number of aromatic nitrogens is 4. The number of rotatable bonds is 6. The molecule has 31 heavy (non-hydrogen) atoms. The van der Waals surface area contributed by atoms with Crippen molar-refractivity contribution in [3.8, 4) is 11.5 Å². The number of tetrazole rings is 1. The number of methoxy groups -OCH3 is 1. The van der Waals surface area contributed by atoms with Crippen molar-refractivity contribution in [1.82, 2.24) is 20.2 Å². The maximum absolute atomic E-state index is 12.5. The van der Waals surface area contributed by atoms with Crippen LogP contribution in [0, 0.1) is 6.92 Å². The van der Waals surface area contributed by atoms with E-state index >= 15 is 0 Å². The zero-order valence-electron chi connectivity index (χ0n) is 17.6. The van der Waals surface area contributed by atoms with Crippen molar-refractivity contribution in [2.45, 2.75) is 33.4 Å². The van der Waals surface area contributed by atoms with Gasteiger partial charge in [-0.15, -0.1) is 0 Å². The largest absolute Gasteiger partial charge is 0.493 e. The number of aryl methyl sites for hydroxylation is 1. The summed E-state index contributed by atoms with van der Waals surface area (Å²) < 4.78 is 14.1. The van der Waals surface area contributed by atoms with Gasteiger partial charge in [0.1, 0.15) is 12.6 Å². The third-order valence-corrected chi connectivity index (χ3v) is 5.88. The third-order valence-electron chi connectivity index (χ3n) is 5.29. The van der Waals surface area contributed by atoms with Crippen LogP contribution in [-0.4, -0.2) is 33.1 Å². The van der Waals surface area contributed by atoms with E-state index < -0.39 is 6.04 Å². The summed E-state index contributed by atoms with van der Waals surface area (Å²) in [6.45, 7) is 5.83. The number of carbonyl (C=O) groups excluding carboxylic acids is 1. The van der Waals surface area contributed by atoms with Crippen LogP contribution in [0.4, 0.5) is 5.95 Å². The molecule has 1 aliphatic heterocycles. The quantitative estimate of drug-likeness (QED) is 0.561. The summed E-state index contributed by atoms with van der Waals surface area (Å²) >= 11 is 3.62. The summed E-state index contributed by atoms with van der Waals surface area (Å²) in [5, 5.41) is 14.9. The van der Waals surface area contributed by atoms with E-state index in [4.69, 9.17) is 9.47 Å². The van der Waals surface area contributed by atoms with E-state index in [0.29, 0.717) is 34.1 Å². The maximum atomic E-state index is 12.5. The maximum Gasteiger partial charge on any atom is 0.248 e. The molecule has 3 aromatic rings. The monoisotopic (exact) mass is 483 g/mol. The standard InChI is InChI=1S/C22H22BrN5O3/c1-12-7-5-6-8-15(12)11-31-21-17(23)9-16(10-18(21)30-4)20-19(14(3)29)13(2)24-22-25-26-27-28(20)22/h5-10,20H,11H2,1-4H3,(H,24,25,27). The van der Waals surface area contributed by atoms with E-state index in [-0.39, 0.29) is 5.78 Å². The van der Waals surface area contributed by atoms with E-state index in [9.17, 15) is 4.79 Å². The van der Waals surface area contributed by atoms with Gasteiger partial charge in [-0.2, -0.15) is 4.68 Å². The number of nitrogens with one attached hydrogen (secondary N) is 1. The van der Waals surface area contributed by atoms with Gasteiger partial charge in [0.2, 0.25) is 5.95 Å². The molecule has 0 spiro atoms. The Morgan fingerprint density at radius 2 is 2.03 bits per heavy atom. The molecule has 1 aromatic heterocycles. The number of anilines is 1. The number of fused-ring (bicyclic) bond motifs is 1. The summed E-state index contributed by atoms with van der Waals surface area (Å²) in [4.78, 5) is 12.5. The number of carbonyl (C=O) groups is 1. The van der Waals surface area contributed by atoms with Gasteiger partial charge in [-0.1, -0.05) is 29.4 Å². The van der Waals surface area contributed by atoms with Gasteiger partial charge < -0.3 is 14.8 Å². The number of allylic oxidation sites excluding steroid dienone is 2. The Kier molecular flexibility index (Phi) is 5.77. The second-order valence-electron chi connectivity index (χ2n) is 7.32. The van der Waals surface area contributed by atoms with Crippen molar-refractivity contribution >= 4 is 27.7 Å². The molecule has 1 aliphatic rings. The number of nitrogens with zero attached hydrogens (tertiary/aromatic N) is 4. The molecular formula is C22H22BrN5O3. The van der Waals surface area contributed by atoms with Crippen molar-refractivity contribution < 1.29 is 14.3 Å². The van der Waals surface area contributed by atoms with Gasteiger partial charge in [0.05, 0.1) is 11.6 Å². The Morgan fingerprint density at radius 1 is 1.26 bits per heavy atom. The van der Waals surface area contributed by atoms with Crippen LogP contribution in [0.3, 0.4) is 0 Å². The minimum atomic E-state index is -0.487.